The molecule has 1 nitrogen and oxygen atoms in total. The Labute approximate surface area is 111 Å². The van der Waals surface area contributed by atoms with Crippen molar-refractivity contribution in [1.82, 2.24) is 4.90 Å². The molecule has 0 aromatic heterocycles. The van der Waals surface area contributed by atoms with Gasteiger partial charge in [-0.25, -0.2) is 0 Å². The molecule has 0 aliphatic heterocycles. The maximum Gasteiger partial charge on any atom is 0.0362 e. The van der Waals surface area contributed by atoms with Gasteiger partial charge in [-0.3, -0.25) is 0 Å². The molecule has 0 radical (unpaired) electrons. The fraction of sp³-hybridized carbons (Fsp3) is 0.412. The maximum atomic E-state index is 4.26. The molecule has 1 saturated carbocycles. The second-order valence-corrected chi connectivity index (χ2v) is 5.32. The Morgan fingerprint density at radius 2 is 2.00 bits per heavy atom. The van der Waals surface area contributed by atoms with Gasteiger partial charge in [0, 0.05) is 18.3 Å². The molecule has 0 bridgehead atoms. The second-order valence-electron chi connectivity index (χ2n) is 5.32. The van der Waals surface area contributed by atoms with Crippen LogP contribution in [0, 0.1) is 5.92 Å². The van der Waals surface area contributed by atoms with Gasteiger partial charge in [-0.2, -0.15) is 0 Å². The zero-order chi connectivity index (χ0) is 13.0. The molecule has 0 amide bonds. The first-order valence-corrected chi connectivity index (χ1v) is 6.85. The van der Waals surface area contributed by atoms with E-state index in [1.165, 1.54) is 24.1 Å². The van der Waals surface area contributed by atoms with Crippen molar-refractivity contribution in [3.63, 3.8) is 0 Å². The number of benzene rings is 1. The van der Waals surface area contributed by atoms with E-state index in [0.717, 1.165) is 12.5 Å². The van der Waals surface area contributed by atoms with E-state index < -0.39 is 0 Å². The van der Waals surface area contributed by atoms with Crippen molar-refractivity contribution in [1.29, 1.82) is 0 Å². The molecule has 1 aromatic carbocycles. The molecule has 96 valence electrons. The number of hydrogen-bond acceptors (Lipinski definition) is 1. The fourth-order valence-electron chi connectivity index (χ4n) is 2.18. The highest BCUT2D eigenvalue weighted by Crippen LogP contribution is 2.37. The van der Waals surface area contributed by atoms with Crippen molar-refractivity contribution >= 4 is 6.08 Å². The number of hydrogen-bond donors (Lipinski definition) is 0. The van der Waals surface area contributed by atoms with Gasteiger partial charge in [0.15, 0.2) is 0 Å². The SMILES string of the molecule is C=C(C1CC1)N(C/C=C/c1ccccc1)C(C)C. The van der Waals surface area contributed by atoms with Crippen molar-refractivity contribution in [2.75, 3.05) is 6.54 Å². The summed E-state index contributed by atoms with van der Waals surface area (Å²) in [6, 6.07) is 11.0. The third-order valence-electron chi connectivity index (χ3n) is 3.45. The molecule has 0 heterocycles. The van der Waals surface area contributed by atoms with E-state index in [9.17, 15) is 0 Å². The summed E-state index contributed by atoms with van der Waals surface area (Å²) < 4.78 is 0. The Balaban J connectivity index is 1.93. The third-order valence-corrected chi connectivity index (χ3v) is 3.45. The molecule has 0 unspecified atom stereocenters. The quantitative estimate of drug-likeness (QED) is 0.716. The minimum absolute atomic E-state index is 0.526. The normalized spacial score (nSPS) is 15.3. The van der Waals surface area contributed by atoms with Gasteiger partial charge in [-0.05, 0) is 38.2 Å². The molecule has 1 fully saturated rings. The standard InChI is InChI=1S/C17H23N/c1-14(2)18(15(3)17-11-12-17)13-7-10-16-8-5-4-6-9-16/h4-10,14,17H,3,11-13H2,1-2H3/b10-7+. The minimum atomic E-state index is 0.526. The summed E-state index contributed by atoms with van der Waals surface area (Å²) in [6.45, 7) is 9.70. The van der Waals surface area contributed by atoms with Gasteiger partial charge in [0.25, 0.3) is 0 Å². The fourth-order valence-corrected chi connectivity index (χ4v) is 2.18. The van der Waals surface area contributed by atoms with Gasteiger partial charge < -0.3 is 4.90 Å². The lowest BCUT2D eigenvalue weighted by Crippen LogP contribution is -2.30. The van der Waals surface area contributed by atoms with Crippen molar-refractivity contribution in [2.45, 2.75) is 32.7 Å². The van der Waals surface area contributed by atoms with E-state index in [-0.39, 0.29) is 0 Å². The Bertz CT molecular complexity index is 412. The molecule has 1 aliphatic carbocycles. The Kier molecular flexibility index (Phi) is 4.24. The van der Waals surface area contributed by atoms with Gasteiger partial charge in [0.1, 0.15) is 0 Å². The van der Waals surface area contributed by atoms with Crippen LogP contribution in [0.5, 0.6) is 0 Å². The maximum absolute atomic E-state index is 4.26. The van der Waals surface area contributed by atoms with Crippen LogP contribution in [0.15, 0.2) is 48.7 Å². The number of rotatable bonds is 6. The van der Waals surface area contributed by atoms with Crippen LogP contribution in [-0.2, 0) is 0 Å². The van der Waals surface area contributed by atoms with E-state index in [0.29, 0.717) is 6.04 Å². The van der Waals surface area contributed by atoms with Crippen molar-refractivity contribution in [2.24, 2.45) is 5.92 Å². The molecule has 0 saturated heterocycles. The summed E-state index contributed by atoms with van der Waals surface area (Å²) in [5.41, 5.74) is 2.58. The first kappa shape index (κ1) is 12.9. The monoisotopic (exact) mass is 241 g/mol. The number of allylic oxidation sites excluding steroid dienone is 1. The molecule has 1 heteroatoms. The molecule has 0 N–H and O–H groups in total. The van der Waals surface area contributed by atoms with Crippen molar-refractivity contribution < 1.29 is 0 Å². The highest BCUT2D eigenvalue weighted by Gasteiger charge is 2.28. The predicted octanol–water partition coefficient (Wildman–Crippen LogP) is 4.33. The second kappa shape index (κ2) is 5.90. The van der Waals surface area contributed by atoms with E-state index in [1.54, 1.807) is 0 Å². The van der Waals surface area contributed by atoms with Crippen molar-refractivity contribution in [3.8, 4) is 0 Å². The van der Waals surface area contributed by atoms with Crippen LogP contribution >= 0.6 is 0 Å². The topological polar surface area (TPSA) is 3.24 Å². The van der Waals surface area contributed by atoms with Crippen LogP contribution in [0.25, 0.3) is 6.08 Å². The molecule has 0 atom stereocenters. The summed E-state index contributed by atoms with van der Waals surface area (Å²) in [4.78, 5) is 2.41. The third kappa shape index (κ3) is 3.49. The highest BCUT2D eigenvalue weighted by atomic mass is 15.2. The highest BCUT2D eigenvalue weighted by molar-refractivity contribution is 5.48. The predicted molar refractivity (Wildman–Crippen MR) is 79.2 cm³/mol. The van der Waals surface area contributed by atoms with Crippen LogP contribution < -0.4 is 0 Å². The summed E-state index contributed by atoms with van der Waals surface area (Å²) in [5, 5.41) is 0. The van der Waals surface area contributed by atoms with E-state index in [2.05, 4.69) is 61.7 Å². The van der Waals surface area contributed by atoms with Gasteiger partial charge in [-0.1, -0.05) is 49.1 Å². The smallest absolute Gasteiger partial charge is 0.0362 e. The lowest BCUT2D eigenvalue weighted by atomic mass is 10.2. The Morgan fingerprint density at radius 1 is 1.33 bits per heavy atom. The van der Waals surface area contributed by atoms with Crippen molar-refractivity contribution in [3.05, 3.63) is 54.2 Å². The summed E-state index contributed by atoms with van der Waals surface area (Å²) in [7, 11) is 0. The Hall–Kier alpha value is -1.50. The van der Waals surface area contributed by atoms with Gasteiger partial charge >= 0.3 is 0 Å². The summed E-state index contributed by atoms with van der Waals surface area (Å²) in [5.74, 6) is 0.748. The van der Waals surface area contributed by atoms with Gasteiger partial charge in [0.05, 0.1) is 0 Å². The minimum Gasteiger partial charge on any atom is -0.369 e. The Morgan fingerprint density at radius 3 is 2.56 bits per heavy atom. The molecule has 18 heavy (non-hydrogen) atoms. The lowest BCUT2D eigenvalue weighted by molar-refractivity contribution is 0.299. The van der Waals surface area contributed by atoms with E-state index in [4.69, 9.17) is 0 Å². The van der Waals surface area contributed by atoms with Gasteiger partial charge in [0.2, 0.25) is 0 Å². The molecular weight excluding hydrogens is 218 g/mol. The number of nitrogens with zero attached hydrogens (tertiary/aromatic N) is 1. The van der Waals surface area contributed by atoms with E-state index in [1.807, 2.05) is 6.07 Å². The average Bonchev–Trinajstić information content (AvgIpc) is 3.19. The molecule has 0 spiro atoms. The van der Waals surface area contributed by atoms with Crippen LogP contribution in [0.1, 0.15) is 32.3 Å². The largest absolute Gasteiger partial charge is 0.369 e. The summed E-state index contributed by atoms with van der Waals surface area (Å²) in [6.07, 6.45) is 7.08. The van der Waals surface area contributed by atoms with Crippen LogP contribution in [0.3, 0.4) is 0 Å². The van der Waals surface area contributed by atoms with Crippen LogP contribution in [-0.4, -0.2) is 17.5 Å². The zero-order valence-electron chi connectivity index (χ0n) is 11.5. The zero-order valence-corrected chi connectivity index (χ0v) is 11.5. The average molecular weight is 241 g/mol. The van der Waals surface area contributed by atoms with Crippen LogP contribution in [0.4, 0.5) is 0 Å². The molecule has 1 aromatic rings. The van der Waals surface area contributed by atoms with Crippen LogP contribution in [0.2, 0.25) is 0 Å². The lowest BCUT2D eigenvalue weighted by Gasteiger charge is -2.29. The molecular formula is C17H23N. The van der Waals surface area contributed by atoms with Gasteiger partial charge in [-0.15, -0.1) is 0 Å². The molecule has 2 rings (SSSR count). The molecule has 1 aliphatic rings. The first-order valence-electron chi connectivity index (χ1n) is 6.85. The van der Waals surface area contributed by atoms with E-state index >= 15 is 0 Å². The summed E-state index contributed by atoms with van der Waals surface area (Å²) >= 11 is 0. The first-order chi connectivity index (χ1) is 8.68.